The second-order valence-electron chi connectivity index (χ2n) is 10.8. The van der Waals surface area contributed by atoms with Crippen LogP contribution in [-0.4, -0.2) is 47.0 Å². The molecule has 3 amide bonds. The molecule has 1 aromatic rings. The topological polar surface area (TPSA) is 87.7 Å². The summed E-state index contributed by atoms with van der Waals surface area (Å²) in [5.41, 5.74) is 0.0597. The average molecular weight is 490 g/mol. The molecule has 0 saturated carbocycles. The van der Waals surface area contributed by atoms with Crippen molar-refractivity contribution in [1.82, 2.24) is 15.5 Å². The molecule has 0 radical (unpaired) electrons. The van der Waals surface area contributed by atoms with Gasteiger partial charge in [-0.05, 0) is 52.5 Å². The third-order valence-electron chi connectivity index (χ3n) is 5.50. The zero-order chi connectivity index (χ0) is 26.6. The van der Waals surface area contributed by atoms with Crippen LogP contribution in [-0.2, 0) is 14.3 Å². The Bertz CT molecular complexity index is 787. The molecule has 0 aliphatic heterocycles. The number of nitrogens with zero attached hydrogens (tertiary/aromatic N) is 1. The predicted octanol–water partition coefficient (Wildman–Crippen LogP) is 5.60. The molecule has 7 heteroatoms. The summed E-state index contributed by atoms with van der Waals surface area (Å²) in [7, 11) is 0. The van der Waals surface area contributed by atoms with Crippen molar-refractivity contribution < 1.29 is 19.1 Å². The van der Waals surface area contributed by atoms with Crippen molar-refractivity contribution in [1.29, 1.82) is 0 Å². The quantitative estimate of drug-likeness (QED) is 0.353. The van der Waals surface area contributed by atoms with Crippen molar-refractivity contribution in [2.75, 3.05) is 6.54 Å². The summed E-state index contributed by atoms with van der Waals surface area (Å²) >= 11 is 0. The Hall–Kier alpha value is -2.57. The number of amides is 3. The molecular weight excluding hydrogens is 442 g/mol. The molecule has 2 unspecified atom stereocenters. The van der Waals surface area contributed by atoms with E-state index in [9.17, 15) is 14.4 Å². The monoisotopic (exact) mass is 489 g/mol. The Morgan fingerprint density at radius 2 is 1.51 bits per heavy atom. The number of carbonyl (C=O) groups excluding carboxylic acids is 3. The molecule has 1 rings (SSSR count). The average Bonchev–Trinajstić information content (AvgIpc) is 2.74. The van der Waals surface area contributed by atoms with Crippen LogP contribution in [0.1, 0.15) is 99.1 Å². The summed E-state index contributed by atoms with van der Waals surface area (Å²) in [5.74, 6) is -0.704. The van der Waals surface area contributed by atoms with E-state index >= 15 is 0 Å². The van der Waals surface area contributed by atoms with Gasteiger partial charge in [0.2, 0.25) is 11.8 Å². The first kappa shape index (κ1) is 30.5. The van der Waals surface area contributed by atoms with Gasteiger partial charge in [-0.25, -0.2) is 4.79 Å². The summed E-state index contributed by atoms with van der Waals surface area (Å²) in [5, 5.41) is 5.75. The maximum absolute atomic E-state index is 14.0. The van der Waals surface area contributed by atoms with Gasteiger partial charge in [0.15, 0.2) is 0 Å². The molecule has 0 heterocycles. The van der Waals surface area contributed by atoms with Crippen LogP contribution in [0.15, 0.2) is 30.3 Å². The fourth-order valence-electron chi connectivity index (χ4n) is 3.85. The first-order valence-electron chi connectivity index (χ1n) is 13.0. The molecule has 0 spiro atoms. The highest BCUT2D eigenvalue weighted by atomic mass is 16.6. The third-order valence-corrected chi connectivity index (χ3v) is 5.50. The van der Waals surface area contributed by atoms with E-state index in [0.717, 1.165) is 37.7 Å². The van der Waals surface area contributed by atoms with Crippen molar-refractivity contribution in [2.24, 2.45) is 5.92 Å². The number of nitrogens with one attached hydrogen (secondary N) is 2. The minimum Gasteiger partial charge on any atom is -0.444 e. The second-order valence-corrected chi connectivity index (χ2v) is 10.8. The van der Waals surface area contributed by atoms with Crippen LogP contribution in [0.5, 0.6) is 0 Å². The number of ether oxygens (including phenoxy) is 1. The number of carbonyl (C=O) groups is 3. The summed E-state index contributed by atoms with van der Waals surface area (Å²) in [4.78, 5) is 41.6. The molecule has 7 nitrogen and oxygen atoms in total. The number of hydrogen-bond acceptors (Lipinski definition) is 4. The second kappa shape index (κ2) is 14.7. The summed E-state index contributed by atoms with van der Waals surface area (Å²) < 4.78 is 5.42. The molecule has 0 aliphatic carbocycles. The lowest BCUT2D eigenvalue weighted by Gasteiger charge is -2.36. The lowest BCUT2D eigenvalue weighted by molar-refractivity contribution is -0.143. The van der Waals surface area contributed by atoms with Crippen molar-refractivity contribution >= 4 is 17.9 Å². The maximum atomic E-state index is 14.0. The first-order chi connectivity index (χ1) is 16.4. The lowest BCUT2D eigenvalue weighted by atomic mass is 9.98. The lowest BCUT2D eigenvalue weighted by Crippen LogP contribution is -2.55. The Balaban J connectivity index is 3.34. The molecular formula is C28H47N3O4. The Labute approximate surface area is 212 Å². The van der Waals surface area contributed by atoms with Gasteiger partial charge in [-0.15, -0.1) is 0 Å². The molecule has 0 aliphatic rings. The van der Waals surface area contributed by atoms with Crippen LogP contribution >= 0.6 is 0 Å². The van der Waals surface area contributed by atoms with Crippen LogP contribution in [0.4, 0.5) is 4.79 Å². The summed E-state index contributed by atoms with van der Waals surface area (Å²) in [6.07, 6.45) is 4.45. The number of unbranched alkanes of at least 4 members (excludes halogenated alkanes) is 4. The molecule has 2 atom stereocenters. The van der Waals surface area contributed by atoms with E-state index < -0.39 is 23.8 Å². The number of benzene rings is 1. The fraction of sp³-hybridized carbons (Fsp3) is 0.679. The molecule has 198 valence electrons. The van der Waals surface area contributed by atoms with Gasteiger partial charge in [0, 0.05) is 12.6 Å². The maximum Gasteiger partial charge on any atom is 0.408 e. The van der Waals surface area contributed by atoms with E-state index in [1.54, 1.807) is 25.7 Å². The zero-order valence-corrected chi connectivity index (χ0v) is 23.0. The van der Waals surface area contributed by atoms with Crippen LogP contribution in [0, 0.1) is 5.92 Å². The van der Waals surface area contributed by atoms with Crippen LogP contribution in [0.2, 0.25) is 0 Å². The SMILES string of the molecule is CCCCCCCN(C(=O)C(NC(=O)OC(C)(C)C)C(C)C)C(C(=O)NC(C)C)c1ccccc1. The summed E-state index contributed by atoms with van der Waals surface area (Å²) in [6, 6.07) is 7.68. The largest absolute Gasteiger partial charge is 0.444 e. The van der Waals surface area contributed by atoms with E-state index in [-0.39, 0.29) is 23.8 Å². The van der Waals surface area contributed by atoms with Crippen molar-refractivity contribution in [3.8, 4) is 0 Å². The summed E-state index contributed by atoms with van der Waals surface area (Å²) in [6.45, 7) is 15.5. The molecule has 0 fully saturated rings. The Morgan fingerprint density at radius 3 is 2.03 bits per heavy atom. The molecule has 0 aromatic heterocycles. The standard InChI is InChI=1S/C28H47N3O4/c1-9-10-11-12-16-19-31(24(25(32)29-21(4)5)22-17-14-13-15-18-22)26(33)23(20(2)3)30-27(34)35-28(6,7)8/h13-15,17-18,20-21,23-24H,9-12,16,19H2,1-8H3,(H,29,32)(H,30,34). The highest BCUT2D eigenvalue weighted by Gasteiger charge is 2.37. The minimum absolute atomic E-state index is 0.0731. The van der Waals surface area contributed by atoms with Crippen molar-refractivity contribution in [3.05, 3.63) is 35.9 Å². The van der Waals surface area contributed by atoms with Gasteiger partial charge in [-0.3, -0.25) is 9.59 Å². The Morgan fingerprint density at radius 1 is 0.914 bits per heavy atom. The van der Waals surface area contributed by atoms with E-state index in [0.29, 0.717) is 6.54 Å². The van der Waals surface area contributed by atoms with Crippen LogP contribution in [0.3, 0.4) is 0 Å². The van der Waals surface area contributed by atoms with Gasteiger partial charge in [0.25, 0.3) is 0 Å². The molecule has 1 aromatic carbocycles. The van der Waals surface area contributed by atoms with Gasteiger partial charge >= 0.3 is 6.09 Å². The number of rotatable bonds is 13. The van der Waals surface area contributed by atoms with E-state index in [1.165, 1.54) is 0 Å². The van der Waals surface area contributed by atoms with Crippen LogP contribution < -0.4 is 10.6 Å². The van der Waals surface area contributed by atoms with E-state index in [1.807, 2.05) is 58.0 Å². The highest BCUT2D eigenvalue weighted by Crippen LogP contribution is 2.25. The van der Waals surface area contributed by atoms with Gasteiger partial charge in [0.1, 0.15) is 17.7 Å². The third kappa shape index (κ3) is 11.1. The smallest absolute Gasteiger partial charge is 0.408 e. The number of alkyl carbamates (subject to hydrolysis) is 1. The fourth-order valence-corrected chi connectivity index (χ4v) is 3.85. The van der Waals surface area contributed by atoms with Crippen molar-refractivity contribution in [2.45, 2.75) is 111 Å². The van der Waals surface area contributed by atoms with Gasteiger partial charge < -0.3 is 20.3 Å². The van der Waals surface area contributed by atoms with Gasteiger partial charge in [0.05, 0.1) is 0 Å². The van der Waals surface area contributed by atoms with Crippen LogP contribution in [0.25, 0.3) is 0 Å². The van der Waals surface area contributed by atoms with Gasteiger partial charge in [-0.2, -0.15) is 0 Å². The molecule has 0 saturated heterocycles. The molecule has 0 bridgehead atoms. The highest BCUT2D eigenvalue weighted by molar-refractivity contribution is 5.92. The van der Waals surface area contributed by atoms with E-state index in [4.69, 9.17) is 4.74 Å². The van der Waals surface area contributed by atoms with Crippen molar-refractivity contribution in [3.63, 3.8) is 0 Å². The molecule has 2 N–H and O–H groups in total. The zero-order valence-electron chi connectivity index (χ0n) is 23.0. The Kier molecular flexibility index (Phi) is 12.8. The number of hydrogen-bond donors (Lipinski definition) is 2. The molecule has 35 heavy (non-hydrogen) atoms. The minimum atomic E-state index is -0.821. The predicted molar refractivity (Wildman–Crippen MR) is 141 cm³/mol. The van der Waals surface area contributed by atoms with E-state index in [2.05, 4.69) is 17.6 Å². The normalized spacial score (nSPS) is 13.3. The van der Waals surface area contributed by atoms with Gasteiger partial charge in [-0.1, -0.05) is 76.8 Å². The first-order valence-corrected chi connectivity index (χ1v) is 13.0.